The third-order valence-corrected chi connectivity index (χ3v) is 1.39. The van der Waals surface area contributed by atoms with Crippen LogP contribution in [0.3, 0.4) is 0 Å². The lowest BCUT2D eigenvalue weighted by Gasteiger charge is -2.04. The quantitative estimate of drug-likeness (QED) is 0.421. The molecule has 0 aromatic carbocycles. The van der Waals surface area contributed by atoms with E-state index in [1.165, 1.54) is 6.92 Å². The number of carbonyl (C=O) groups is 3. The molecule has 6 nitrogen and oxygen atoms in total. The molecule has 0 aliphatic heterocycles. The molecule has 0 aliphatic rings. The van der Waals surface area contributed by atoms with Crippen molar-refractivity contribution in [1.29, 1.82) is 0 Å². The van der Waals surface area contributed by atoms with Crippen molar-refractivity contribution in [2.75, 3.05) is 13.2 Å². The van der Waals surface area contributed by atoms with Crippen LogP contribution in [0, 0.1) is 0 Å². The molecule has 1 N–H and O–H groups in total. The Morgan fingerprint density at radius 3 is 2.19 bits per heavy atom. The first-order valence-electron chi connectivity index (χ1n) is 4.84. The number of hydrogen-bond acceptors (Lipinski definition) is 5. The summed E-state index contributed by atoms with van der Waals surface area (Å²) in [6, 6.07) is 0. The number of amides is 1. The Labute approximate surface area is 93.6 Å². The Hall–Kier alpha value is -1.85. The van der Waals surface area contributed by atoms with Crippen LogP contribution in [-0.2, 0) is 23.9 Å². The summed E-state index contributed by atoms with van der Waals surface area (Å²) in [4.78, 5) is 33.0. The zero-order chi connectivity index (χ0) is 12.6. The van der Waals surface area contributed by atoms with Crippen LogP contribution in [0.15, 0.2) is 11.8 Å². The van der Waals surface area contributed by atoms with E-state index in [-0.39, 0.29) is 18.9 Å². The summed E-state index contributed by atoms with van der Waals surface area (Å²) in [6.07, 6.45) is 1.08. The average molecular weight is 229 g/mol. The van der Waals surface area contributed by atoms with Gasteiger partial charge in [-0.15, -0.1) is 0 Å². The van der Waals surface area contributed by atoms with Crippen LogP contribution in [0.1, 0.15) is 20.8 Å². The fourth-order valence-corrected chi connectivity index (χ4v) is 0.824. The van der Waals surface area contributed by atoms with Crippen molar-refractivity contribution in [2.24, 2.45) is 0 Å². The number of carbonyl (C=O) groups excluding carboxylic acids is 3. The highest BCUT2D eigenvalue weighted by Crippen LogP contribution is 1.90. The summed E-state index contributed by atoms with van der Waals surface area (Å²) >= 11 is 0. The number of rotatable bonds is 4. The van der Waals surface area contributed by atoms with Crippen LogP contribution in [0.25, 0.3) is 0 Å². The van der Waals surface area contributed by atoms with Gasteiger partial charge in [-0.1, -0.05) is 0 Å². The van der Waals surface area contributed by atoms with Crippen LogP contribution in [-0.4, -0.2) is 31.1 Å². The lowest BCUT2D eigenvalue weighted by molar-refractivity contribution is -0.154. The molecule has 90 valence electrons. The summed E-state index contributed by atoms with van der Waals surface area (Å²) in [5.41, 5.74) is 0.219. The van der Waals surface area contributed by atoms with E-state index >= 15 is 0 Å². The second-order valence-corrected chi connectivity index (χ2v) is 2.75. The monoisotopic (exact) mass is 229 g/mol. The Kier molecular flexibility index (Phi) is 6.58. The van der Waals surface area contributed by atoms with Crippen LogP contribution in [0.4, 0.5) is 0 Å². The van der Waals surface area contributed by atoms with E-state index in [4.69, 9.17) is 0 Å². The van der Waals surface area contributed by atoms with E-state index in [1.807, 2.05) is 0 Å². The summed E-state index contributed by atoms with van der Waals surface area (Å²) in [5, 5.41) is 2.20. The Balaban J connectivity index is 4.23. The molecule has 0 bridgehead atoms. The maximum atomic E-state index is 11.1. The molecule has 0 radical (unpaired) electrons. The smallest absolute Gasteiger partial charge is 0.397 e. The van der Waals surface area contributed by atoms with Gasteiger partial charge in [-0.2, -0.15) is 0 Å². The van der Waals surface area contributed by atoms with Gasteiger partial charge in [0.2, 0.25) is 0 Å². The maximum Gasteiger partial charge on any atom is 0.397 e. The zero-order valence-corrected chi connectivity index (χ0v) is 9.53. The van der Waals surface area contributed by atoms with Crippen molar-refractivity contribution in [3.8, 4) is 0 Å². The maximum absolute atomic E-state index is 11.1. The second-order valence-electron chi connectivity index (χ2n) is 2.75. The third-order valence-electron chi connectivity index (χ3n) is 1.39. The van der Waals surface area contributed by atoms with Gasteiger partial charge in [0.25, 0.3) is 0 Å². The molecule has 6 heteroatoms. The van der Waals surface area contributed by atoms with Crippen LogP contribution in [0.5, 0.6) is 0 Å². The standard InChI is InChI=1S/C10H15NO5/c1-4-15-8(12)6-7(3)11-9(13)10(14)16-5-2/h6H,4-5H2,1-3H3,(H,11,13)/b7-6+. The number of allylic oxidation sites excluding steroid dienone is 1. The van der Waals surface area contributed by atoms with Crippen molar-refractivity contribution in [1.82, 2.24) is 5.32 Å². The molecule has 0 unspecified atom stereocenters. The van der Waals surface area contributed by atoms with Crippen LogP contribution in [0.2, 0.25) is 0 Å². The summed E-state index contributed by atoms with van der Waals surface area (Å²) in [5.74, 6) is -2.48. The Bertz CT molecular complexity index is 308. The molecular formula is C10H15NO5. The number of ether oxygens (including phenoxy) is 2. The fourth-order valence-electron chi connectivity index (χ4n) is 0.824. The number of nitrogens with one attached hydrogen (secondary N) is 1. The topological polar surface area (TPSA) is 81.7 Å². The highest BCUT2D eigenvalue weighted by Gasteiger charge is 2.14. The third kappa shape index (κ3) is 5.79. The molecular weight excluding hydrogens is 214 g/mol. The molecule has 0 atom stereocenters. The first kappa shape index (κ1) is 14.2. The van der Waals surface area contributed by atoms with E-state index in [1.54, 1.807) is 13.8 Å². The fraction of sp³-hybridized carbons (Fsp3) is 0.500. The molecule has 16 heavy (non-hydrogen) atoms. The SMILES string of the molecule is CCOC(=O)/C=C(\C)NC(=O)C(=O)OCC. The minimum absolute atomic E-state index is 0.118. The Morgan fingerprint density at radius 1 is 1.12 bits per heavy atom. The van der Waals surface area contributed by atoms with Gasteiger partial charge < -0.3 is 14.8 Å². The molecule has 0 saturated carbocycles. The van der Waals surface area contributed by atoms with E-state index in [9.17, 15) is 14.4 Å². The van der Waals surface area contributed by atoms with Gasteiger partial charge in [0.15, 0.2) is 0 Å². The molecule has 0 spiro atoms. The molecule has 0 heterocycles. The van der Waals surface area contributed by atoms with E-state index in [0.717, 1.165) is 6.08 Å². The normalized spacial score (nSPS) is 10.6. The summed E-state index contributed by atoms with van der Waals surface area (Å²) in [6.45, 7) is 5.08. The van der Waals surface area contributed by atoms with E-state index < -0.39 is 17.8 Å². The second kappa shape index (κ2) is 7.44. The largest absolute Gasteiger partial charge is 0.463 e. The van der Waals surface area contributed by atoms with Gasteiger partial charge in [0.05, 0.1) is 13.2 Å². The first-order valence-corrected chi connectivity index (χ1v) is 4.84. The van der Waals surface area contributed by atoms with Gasteiger partial charge in [-0.3, -0.25) is 4.79 Å². The molecule has 0 saturated heterocycles. The minimum Gasteiger partial charge on any atom is -0.463 e. The lowest BCUT2D eigenvalue weighted by atomic mass is 10.4. The van der Waals surface area contributed by atoms with Gasteiger partial charge in [0.1, 0.15) is 0 Å². The average Bonchev–Trinajstić information content (AvgIpc) is 2.17. The predicted octanol–water partition coefficient (Wildman–Crippen LogP) is 0.133. The molecule has 0 fully saturated rings. The minimum atomic E-state index is -0.987. The van der Waals surface area contributed by atoms with Crippen molar-refractivity contribution < 1.29 is 23.9 Å². The highest BCUT2D eigenvalue weighted by atomic mass is 16.5. The van der Waals surface area contributed by atoms with Crippen molar-refractivity contribution >= 4 is 17.8 Å². The van der Waals surface area contributed by atoms with E-state index in [2.05, 4.69) is 14.8 Å². The van der Waals surface area contributed by atoms with Gasteiger partial charge >= 0.3 is 17.8 Å². The lowest BCUT2D eigenvalue weighted by Crippen LogP contribution is -2.31. The van der Waals surface area contributed by atoms with Gasteiger partial charge in [0, 0.05) is 11.8 Å². The molecule has 0 aromatic rings. The molecule has 0 aromatic heterocycles. The highest BCUT2D eigenvalue weighted by molar-refractivity contribution is 6.32. The molecule has 0 aliphatic carbocycles. The molecule has 1 amide bonds. The number of hydrogen-bond donors (Lipinski definition) is 1. The Morgan fingerprint density at radius 2 is 1.69 bits per heavy atom. The molecule has 0 rings (SSSR count). The summed E-state index contributed by atoms with van der Waals surface area (Å²) < 4.78 is 9.08. The van der Waals surface area contributed by atoms with Crippen molar-refractivity contribution in [2.45, 2.75) is 20.8 Å². The van der Waals surface area contributed by atoms with Crippen molar-refractivity contribution in [3.05, 3.63) is 11.8 Å². The summed E-state index contributed by atoms with van der Waals surface area (Å²) in [7, 11) is 0. The van der Waals surface area contributed by atoms with Crippen molar-refractivity contribution in [3.63, 3.8) is 0 Å². The first-order chi connectivity index (χ1) is 7.51. The van der Waals surface area contributed by atoms with Crippen LogP contribution >= 0.6 is 0 Å². The predicted molar refractivity (Wildman–Crippen MR) is 55.2 cm³/mol. The van der Waals surface area contributed by atoms with Gasteiger partial charge in [-0.25, -0.2) is 9.59 Å². The zero-order valence-electron chi connectivity index (χ0n) is 9.53. The van der Waals surface area contributed by atoms with Crippen LogP contribution < -0.4 is 5.32 Å². The van der Waals surface area contributed by atoms with Gasteiger partial charge in [-0.05, 0) is 20.8 Å². The van der Waals surface area contributed by atoms with E-state index in [0.29, 0.717) is 0 Å². The number of esters is 2.